The Labute approximate surface area is 188 Å². The highest BCUT2D eigenvalue weighted by Crippen LogP contribution is 2.59. The van der Waals surface area contributed by atoms with Crippen molar-refractivity contribution in [3.63, 3.8) is 0 Å². The van der Waals surface area contributed by atoms with Crippen LogP contribution < -0.4 is 5.32 Å². The van der Waals surface area contributed by atoms with Crippen LogP contribution in [-0.4, -0.2) is 63.5 Å². The van der Waals surface area contributed by atoms with E-state index in [0.717, 1.165) is 6.42 Å². The van der Waals surface area contributed by atoms with E-state index >= 15 is 0 Å². The Hall–Kier alpha value is -1.81. The Morgan fingerprint density at radius 2 is 1.97 bits per heavy atom. The topological polar surface area (TPSA) is 74.8 Å². The predicted molar refractivity (Wildman–Crippen MR) is 114 cm³/mol. The molecule has 1 saturated carbocycles. The Kier molecular flexibility index (Phi) is 5.32. The number of aromatic nitrogens is 1. The molecule has 3 aliphatic rings. The Morgan fingerprint density at radius 3 is 2.58 bits per heavy atom. The number of nitrogens with one attached hydrogen (secondary N) is 1. The second kappa shape index (κ2) is 7.37. The van der Waals surface area contributed by atoms with Crippen LogP contribution in [-0.2, 0) is 16.1 Å². The molecule has 7 nitrogen and oxygen atoms in total. The lowest BCUT2D eigenvalue weighted by molar-refractivity contribution is -0.133. The van der Waals surface area contributed by atoms with Gasteiger partial charge in [-0.2, -0.15) is 0 Å². The molecule has 4 rings (SSSR count). The standard InChI is InChI=1S/C21H27BrF2N4O3/c1-19(2,3)31-18(30)28-13(7-20(4)8-14(20)28)17(29)26-16-12(5-6-15(22)25-16)9-27-10-21(23,24)11-27/h5-6,13-14H,7-11H2,1-4H3,(H,25,26,29)/t13-,14+,20-/m0/s1. The van der Waals surface area contributed by atoms with Crippen LogP contribution >= 0.6 is 15.9 Å². The molecule has 0 aromatic carbocycles. The normalized spacial score (nSPS) is 29.2. The van der Waals surface area contributed by atoms with Crippen LogP contribution in [0.5, 0.6) is 0 Å². The van der Waals surface area contributed by atoms with Gasteiger partial charge in [0.2, 0.25) is 5.91 Å². The zero-order valence-electron chi connectivity index (χ0n) is 18.0. The van der Waals surface area contributed by atoms with Crippen molar-refractivity contribution < 1.29 is 23.1 Å². The number of hydrogen-bond donors (Lipinski definition) is 1. The molecule has 0 spiro atoms. The number of ether oxygens (including phenoxy) is 1. The van der Waals surface area contributed by atoms with Crippen LogP contribution in [0.1, 0.15) is 46.1 Å². The Bertz CT molecular complexity index is 914. The van der Waals surface area contributed by atoms with E-state index in [4.69, 9.17) is 4.74 Å². The molecule has 3 atom stereocenters. The monoisotopic (exact) mass is 500 g/mol. The fraction of sp³-hybridized carbons (Fsp3) is 0.667. The van der Waals surface area contributed by atoms with Crippen molar-refractivity contribution in [2.24, 2.45) is 5.41 Å². The fourth-order valence-electron chi connectivity index (χ4n) is 4.44. The summed E-state index contributed by atoms with van der Waals surface area (Å²) in [4.78, 5) is 33.5. The van der Waals surface area contributed by atoms with Gasteiger partial charge in [0.1, 0.15) is 22.1 Å². The number of nitrogens with zero attached hydrogens (tertiary/aromatic N) is 3. The maximum absolute atomic E-state index is 13.2. The number of likely N-dealkylation sites (tertiary alicyclic amines) is 2. The van der Waals surface area contributed by atoms with Gasteiger partial charge in [-0.15, -0.1) is 0 Å². The fourth-order valence-corrected chi connectivity index (χ4v) is 4.75. The summed E-state index contributed by atoms with van der Waals surface area (Å²) in [6.07, 6.45) is 0.897. The number of amides is 2. The number of anilines is 1. The molecular formula is C21H27BrF2N4O3. The van der Waals surface area contributed by atoms with Crippen molar-refractivity contribution in [1.82, 2.24) is 14.8 Å². The van der Waals surface area contributed by atoms with E-state index in [-0.39, 0.29) is 37.0 Å². The van der Waals surface area contributed by atoms with Crippen molar-refractivity contribution in [2.75, 3.05) is 18.4 Å². The minimum Gasteiger partial charge on any atom is -0.444 e. The second-order valence-electron chi connectivity index (χ2n) is 10.1. The van der Waals surface area contributed by atoms with Gasteiger partial charge in [0, 0.05) is 18.2 Å². The number of pyridine rings is 1. The summed E-state index contributed by atoms with van der Waals surface area (Å²) in [5.41, 5.74) is -0.106. The van der Waals surface area contributed by atoms with Gasteiger partial charge in [0.15, 0.2) is 0 Å². The van der Waals surface area contributed by atoms with E-state index in [0.29, 0.717) is 22.4 Å². The Morgan fingerprint density at radius 1 is 1.29 bits per heavy atom. The van der Waals surface area contributed by atoms with Gasteiger partial charge in [-0.25, -0.2) is 18.6 Å². The minimum atomic E-state index is -2.67. The SMILES string of the molecule is CC(C)(C)OC(=O)N1[C@H](C(=O)Nc2nc(Br)ccc2CN2CC(F)(F)C2)C[C@@]2(C)C[C@@H]12. The summed E-state index contributed by atoms with van der Waals surface area (Å²) in [5.74, 6) is -2.70. The van der Waals surface area contributed by atoms with Crippen molar-refractivity contribution >= 4 is 33.7 Å². The number of fused-ring (bicyclic) bond motifs is 1. The quantitative estimate of drug-likeness (QED) is 0.631. The highest BCUT2D eigenvalue weighted by Gasteiger charge is 2.65. The molecule has 0 unspecified atom stereocenters. The van der Waals surface area contributed by atoms with Crippen LogP contribution in [0.25, 0.3) is 0 Å². The summed E-state index contributed by atoms with van der Waals surface area (Å²) in [5, 5.41) is 2.83. The number of carbonyl (C=O) groups is 2. The summed E-state index contributed by atoms with van der Waals surface area (Å²) in [6, 6.07) is 2.78. The molecular weight excluding hydrogens is 474 g/mol. The number of rotatable bonds is 4. The summed E-state index contributed by atoms with van der Waals surface area (Å²) in [7, 11) is 0. The van der Waals surface area contributed by atoms with E-state index in [1.54, 1.807) is 42.7 Å². The van der Waals surface area contributed by atoms with Crippen LogP contribution in [0.15, 0.2) is 16.7 Å². The molecule has 2 amide bonds. The van der Waals surface area contributed by atoms with Gasteiger partial charge < -0.3 is 10.1 Å². The molecule has 31 heavy (non-hydrogen) atoms. The van der Waals surface area contributed by atoms with E-state index in [1.807, 2.05) is 0 Å². The second-order valence-corrected chi connectivity index (χ2v) is 10.9. The van der Waals surface area contributed by atoms with E-state index in [1.165, 1.54) is 0 Å². The van der Waals surface area contributed by atoms with Gasteiger partial charge in [0.05, 0.1) is 13.1 Å². The van der Waals surface area contributed by atoms with Crippen LogP contribution in [0.3, 0.4) is 0 Å². The average Bonchev–Trinajstić information content (AvgIpc) is 3.14. The molecule has 10 heteroatoms. The maximum atomic E-state index is 13.2. The lowest BCUT2D eigenvalue weighted by Gasteiger charge is -2.38. The van der Waals surface area contributed by atoms with Gasteiger partial charge >= 0.3 is 6.09 Å². The molecule has 170 valence electrons. The van der Waals surface area contributed by atoms with Crippen molar-refractivity contribution in [1.29, 1.82) is 0 Å². The maximum Gasteiger partial charge on any atom is 0.411 e. The molecule has 1 N–H and O–H groups in total. The third-order valence-corrected chi connectivity index (χ3v) is 6.47. The van der Waals surface area contributed by atoms with Gasteiger partial charge in [-0.3, -0.25) is 14.6 Å². The third-order valence-electron chi connectivity index (χ3n) is 6.03. The average molecular weight is 501 g/mol. The zero-order chi connectivity index (χ0) is 22.8. The third kappa shape index (κ3) is 4.69. The number of hydrogen-bond acceptors (Lipinski definition) is 5. The lowest BCUT2D eigenvalue weighted by Crippen LogP contribution is -2.55. The molecule has 0 radical (unpaired) electrons. The van der Waals surface area contributed by atoms with Gasteiger partial charge in [-0.1, -0.05) is 13.0 Å². The first kappa shape index (κ1) is 22.4. The molecule has 1 aromatic heterocycles. The molecule has 3 fully saturated rings. The predicted octanol–water partition coefficient (Wildman–Crippen LogP) is 4.02. The Balaban J connectivity index is 1.50. The van der Waals surface area contributed by atoms with Crippen LogP contribution in [0.2, 0.25) is 0 Å². The largest absolute Gasteiger partial charge is 0.444 e. The minimum absolute atomic E-state index is 0.0173. The molecule has 1 aromatic rings. The number of halogens is 3. The van der Waals surface area contributed by atoms with Gasteiger partial charge in [-0.05, 0) is 61.0 Å². The van der Waals surface area contributed by atoms with E-state index in [9.17, 15) is 18.4 Å². The summed E-state index contributed by atoms with van der Waals surface area (Å²) < 4.78 is 32.5. The van der Waals surface area contributed by atoms with Crippen LogP contribution in [0.4, 0.5) is 19.4 Å². The molecule has 2 aliphatic heterocycles. The highest BCUT2D eigenvalue weighted by molar-refractivity contribution is 9.10. The number of alkyl halides is 2. The summed E-state index contributed by atoms with van der Waals surface area (Å²) in [6.45, 7) is 7.07. The molecule has 1 aliphatic carbocycles. The molecule has 0 bridgehead atoms. The van der Waals surface area contributed by atoms with Crippen molar-refractivity contribution in [3.05, 3.63) is 22.3 Å². The lowest BCUT2D eigenvalue weighted by atomic mass is 10.0. The first-order valence-electron chi connectivity index (χ1n) is 10.3. The molecule has 2 saturated heterocycles. The van der Waals surface area contributed by atoms with Crippen molar-refractivity contribution in [2.45, 2.75) is 70.7 Å². The first-order valence-corrected chi connectivity index (χ1v) is 11.1. The highest BCUT2D eigenvalue weighted by atomic mass is 79.9. The van der Waals surface area contributed by atoms with Gasteiger partial charge in [0.25, 0.3) is 5.92 Å². The van der Waals surface area contributed by atoms with Crippen LogP contribution in [0, 0.1) is 5.41 Å². The number of carbonyl (C=O) groups excluding carboxylic acids is 2. The summed E-state index contributed by atoms with van der Waals surface area (Å²) >= 11 is 3.30. The smallest absolute Gasteiger partial charge is 0.411 e. The molecule has 3 heterocycles. The van der Waals surface area contributed by atoms with E-state index in [2.05, 4.69) is 33.2 Å². The zero-order valence-corrected chi connectivity index (χ0v) is 19.6. The van der Waals surface area contributed by atoms with E-state index < -0.39 is 23.7 Å². The first-order chi connectivity index (χ1) is 14.3. The number of piperidine rings is 1. The van der Waals surface area contributed by atoms with Crippen molar-refractivity contribution in [3.8, 4) is 0 Å².